The lowest BCUT2D eigenvalue weighted by atomic mass is 10.3. The molecule has 0 amide bonds. The van der Waals surface area contributed by atoms with E-state index in [0.29, 0.717) is 29.6 Å². The van der Waals surface area contributed by atoms with Crippen LogP contribution in [-0.4, -0.2) is 10.1 Å². The van der Waals surface area contributed by atoms with E-state index in [4.69, 9.17) is 14.7 Å². The van der Waals surface area contributed by atoms with E-state index in [9.17, 15) is 0 Å². The summed E-state index contributed by atoms with van der Waals surface area (Å²) in [7, 11) is 0. The lowest BCUT2D eigenvalue weighted by Gasteiger charge is -1.95. The Morgan fingerprint density at radius 2 is 2.24 bits per heavy atom. The Balaban J connectivity index is 1.81. The molecule has 0 bridgehead atoms. The summed E-state index contributed by atoms with van der Waals surface area (Å²) in [6.45, 7) is 0.475. The minimum Gasteiger partial charge on any atom is -0.423 e. The average molecular weight is 230 g/mol. The first kappa shape index (κ1) is 9.71. The zero-order chi connectivity index (χ0) is 11.7. The van der Waals surface area contributed by atoms with E-state index in [0.717, 1.165) is 5.52 Å². The van der Waals surface area contributed by atoms with Gasteiger partial charge in [0.2, 0.25) is 0 Å². The predicted octanol–water partition coefficient (Wildman–Crippen LogP) is 2.01. The van der Waals surface area contributed by atoms with Gasteiger partial charge in [-0.05, 0) is 12.1 Å². The summed E-state index contributed by atoms with van der Waals surface area (Å²) in [5.41, 5.74) is 7.72. The van der Waals surface area contributed by atoms with E-state index in [-0.39, 0.29) is 0 Å². The van der Waals surface area contributed by atoms with Gasteiger partial charge < -0.3 is 20.0 Å². The van der Waals surface area contributed by atoms with E-state index in [1.807, 2.05) is 6.07 Å². The summed E-state index contributed by atoms with van der Waals surface area (Å²) < 4.78 is 10.4. The van der Waals surface area contributed by atoms with Crippen LogP contribution in [0.15, 0.2) is 39.4 Å². The van der Waals surface area contributed by atoms with Gasteiger partial charge in [-0.1, -0.05) is 5.16 Å². The van der Waals surface area contributed by atoms with Crippen LogP contribution in [0.3, 0.4) is 0 Å². The molecule has 0 saturated carbocycles. The molecule has 3 N–H and O–H groups in total. The Bertz CT molecular complexity index is 630. The highest BCUT2D eigenvalue weighted by Crippen LogP contribution is 2.21. The molecule has 0 radical (unpaired) electrons. The maximum Gasteiger partial charge on any atom is 0.296 e. The van der Waals surface area contributed by atoms with Crippen LogP contribution in [0.4, 0.5) is 11.7 Å². The van der Waals surface area contributed by atoms with Gasteiger partial charge in [0.15, 0.2) is 11.3 Å². The van der Waals surface area contributed by atoms with Crippen LogP contribution in [0.2, 0.25) is 0 Å². The van der Waals surface area contributed by atoms with Crippen molar-refractivity contribution in [3.05, 3.63) is 36.2 Å². The van der Waals surface area contributed by atoms with Crippen molar-refractivity contribution in [3.63, 3.8) is 0 Å². The van der Waals surface area contributed by atoms with E-state index in [1.165, 1.54) is 0 Å². The number of aromatic nitrogens is 2. The van der Waals surface area contributed by atoms with Crippen molar-refractivity contribution in [2.45, 2.75) is 6.54 Å². The van der Waals surface area contributed by atoms with Crippen LogP contribution < -0.4 is 11.1 Å². The molecule has 3 rings (SSSR count). The number of anilines is 2. The standard InChI is InChI=1S/C11H10N4O2/c12-7-1-2-9-10(5-7)16-11(15-9)13-6-8-3-4-14-17-8/h1-5H,6,12H2,(H,13,15). The number of nitrogens with one attached hydrogen (secondary N) is 1. The molecule has 2 heterocycles. The molecule has 0 atom stereocenters. The highest BCUT2D eigenvalue weighted by molar-refractivity contribution is 5.78. The second kappa shape index (κ2) is 3.82. The minimum atomic E-state index is 0.432. The fraction of sp³-hybridized carbons (Fsp3) is 0.0909. The van der Waals surface area contributed by atoms with Crippen LogP contribution in [0.5, 0.6) is 0 Å². The van der Waals surface area contributed by atoms with Gasteiger partial charge in [-0.2, -0.15) is 4.98 Å². The molecule has 6 heteroatoms. The van der Waals surface area contributed by atoms with Crippen molar-refractivity contribution in [3.8, 4) is 0 Å². The molecule has 3 aromatic rings. The fourth-order valence-electron chi connectivity index (χ4n) is 1.51. The quantitative estimate of drug-likeness (QED) is 0.669. The zero-order valence-corrected chi connectivity index (χ0v) is 8.88. The summed E-state index contributed by atoms with van der Waals surface area (Å²) in [4.78, 5) is 4.26. The average Bonchev–Trinajstić information content (AvgIpc) is 2.94. The van der Waals surface area contributed by atoms with E-state index in [1.54, 1.807) is 24.4 Å². The molecular formula is C11H10N4O2. The van der Waals surface area contributed by atoms with Crippen LogP contribution in [0, 0.1) is 0 Å². The number of fused-ring (bicyclic) bond motifs is 1. The molecule has 0 aliphatic carbocycles. The van der Waals surface area contributed by atoms with E-state index >= 15 is 0 Å². The highest BCUT2D eigenvalue weighted by atomic mass is 16.5. The first-order valence-electron chi connectivity index (χ1n) is 5.11. The van der Waals surface area contributed by atoms with Gasteiger partial charge in [0.25, 0.3) is 6.01 Å². The van der Waals surface area contributed by atoms with Crippen LogP contribution in [0.1, 0.15) is 5.76 Å². The molecule has 0 fully saturated rings. The van der Waals surface area contributed by atoms with E-state index < -0.39 is 0 Å². The molecular weight excluding hydrogens is 220 g/mol. The molecule has 1 aromatic carbocycles. The number of nitrogens with two attached hydrogens (primary N) is 1. The normalized spacial score (nSPS) is 10.8. The summed E-state index contributed by atoms with van der Waals surface area (Å²) in [5, 5.41) is 6.61. The van der Waals surface area contributed by atoms with Gasteiger partial charge in [-0.3, -0.25) is 0 Å². The number of nitrogen functional groups attached to an aromatic ring is 1. The van der Waals surface area contributed by atoms with Gasteiger partial charge in [0.1, 0.15) is 5.52 Å². The second-order valence-electron chi connectivity index (χ2n) is 3.58. The van der Waals surface area contributed by atoms with Crippen LogP contribution in [-0.2, 0) is 6.54 Å². The Hall–Kier alpha value is -2.50. The molecule has 6 nitrogen and oxygen atoms in total. The van der Waals surface area contributed by atoms with Crippen molar-refractivity contribution in [1.29, 1.82) is 0 Å². The number of benzene rings is 1. The third-order valence-electron chi connectivity index (χ3n) is 2.32. The van der Waals surface area contributed by atoms with Gasteiger partial charge in [0, 0.05) is 17.8 Å². The summed E-state index contributed by atoms with van der Waals surface area (Å²) >= 11 is 0. The fourth-order valence-corrected chi connectivity index (χ4v) is 1.51. The number of oxazole rings is 1. The smallest absolute Gasteiger partial charge is 0.296 e. The Labute approximate surface area is 96.4 Å². The van der Waals surface area contributed by atoms with E-state index in [2.05, 4.69) is 15.5 Å². The Kier molecular flexibility index (Phi) is 2.18. The maximum atomic E-state index is 5.65. The molecule has 2 aromatic heterocycles. The van der Waals surface area contributed by atoms with Gasteiger partial charge in [-0.15, -0.1) is 0 Å². The van der Waals surface area contributed by atoms with Crippen molar-refractivity contribution in [2.75, 3.05) is 11.1 Å². The molecule has 0 aliphatic heterocycles. The van der Waals surface area contributed by atoms with Crippen LogP contribution >= 0.6 is 0 Å². The number of rotatable bonds is 3. The van der Waals surface area contributed by atoms with Crippen molar-refractivity contribution >= 4 is 22.8 Å². The van der Waals surface area contributed by atoms with Crippen LogP contribution in [0.25, 0.3) is 11.1 Å². The van der Waals surface area contributed by atoms with Crippen molar-refractivity contribution < 1.29 is 8.94 Å². The molecule has 0 aliphatic rings. The monoisotopic (exact) mass is 230 g/mol. The molecule has 0 spiro atoms. The summed E-state index contributed by atoms with van der Waals surface area (Å²) in [6.07, 6.45) is 1.59. The third kappa shape index (κ3) is 1.92. The highest BCUT2D eigenvalue weighted by Gasteiger charge is 2.06. The van der Waals surface area contributed by atoms with Crippen molar-refractivity contribution in [1.82, 2.24) is 10.1 Å². The first-order chi connectivity index (χ1) is 8.31. The van der Waals surface area contributed by atoms with Crippen molar-refractivity contribution in [2.24, 2.45) is 0 Å². The SMILES string of the molecule is Nc1ccc2nc(NCc3ccno3)oc2c1. The summed E-state index contributed by atoms with van der Waals surface area (Å²) in [5.74, 6) is 0.715. The third-order valence-corrected chi connectivity index (χ3v) is 2.32. The number of hydrogen-bond donors (Lipinski definition) is 2. The molecule has 86 valence electrons. The summed E-state index contributed by atoms with van der Waals surface area (Å²) in [6, 6.07) is 7.54. The number of hydrogen-bond acceptors (Lipinski definition) is 6. The maximum absolute atomic E-state index is 5.65. The minimum absolute atomic E-state index is 0.432. The lowest BCUT2D eigenvalue weighted by Crippen LogP contribution is -1.97. The predicted molar refractivity (Wildman–Crippen MR) is 62.3 cm³/mol. The second-order valence-corrected chi connectivity index (χ2v) is 3.58. The zero-order valence-electron chi connectivity index (χ0n) is 8.88. The topological polar surface area (TPSA) is 90.1 Å². The Morgan fingerprint density at radius 3 is 3.06 bits per heavy atom. The first-order valence-corrected chi connectivity index (χ1v) is 5.11. The number of nitrogens with zero attached hydrogens (tertiary/aromatic N) is 2. The lowest BCUT2D eigenvalue weighted by molar-refractivity contribution is 0.387. The Morgan fingerprint density at radius 1 is 1.29 bits per heavy atom. The largest absolute Gasteiger partial charge is 0.423 e. The van der Waals surface area contributed by atoms with Gasteiger partial charge in [0.05, 0.1) is 12.7 Å². The molecule has 0 unspecified atom stereocenters. The molecule has 17 heavy (non-hydrogen) atoms. The van der Waals surface area contributed by atoms with Gasteiger partial charge in [-0.25, -0.2) is 0 Å². The molecule has 0 saturated heterocycles. The van der Waals surface area contributed by atoms with Gasteiger partial charge >= 0.3 is 0 Å².